The fraction of sp³-hybridized carbons (Fsp3) is 0.667. The van der Waals surface area contributed by atoms with E-state index in [9.17, 15) is 0 Å². The maximum Gasteiger partial charge on any atom is 0.144 e. The Labute approximate surface area is 129 Å². The van der Waals surface area contributed by atoms with Crippen LogP contribution in [0, 0.1) is 10.8 Å². The van der Waals surface area contributed by atoms with Crippen molar-refractivity contribution in [3.8, 4) is 5.75 Å². The number of rotatable bonds is 4. The van der Waals surface area contributed by atoms with Crippen LogP contribution in [-0.2, 0) is 0 Å². The zero-order chi connectivity index (χ0) is 15.7. The van der Waals surface area contributed by atoms with Crippen LogP contribution in [0.2, 0.25) is 0 Å². The summed E-state index contributed by atoms with van der Waals surface area (Å²) in [4.78, 5) is 0. The summed E-state index contributed by atoms with van der Waals surface area (Å²) in [7, 11) is 0. The first-order chi connectivity index (χ1) is 9.72. The van der Waals surface area contributed by atoms with E-state index < -0.39 is 0 Å². The van der Waals surface area contributed by atoms with Gasteiger partial charge in [-0.1, -0.05) is 33.8 Å². The summed E-state index contributed by atoms with van der Waals surface area (Å²) in [6.45, 7) is 12.1. The normalized spacial score (nSPS) is 21.0. The molecule has 3 N–H and O–H groups in total. The third-order valence-corrected chi connectivity index (χ3v) is 4.28. The van der Waals surface area contributed by atoms with E-state index in [1.54, 1.807) is 0 Å². The molecule has 0 heterocycles. The van der Waals surface area contributed by atoms with E-state index in [2.05, 4.69) is 33.0 Å². The predicted molar refractivity (Wildman–Crippen MR) is 90.8 cm³/mol. The summed E-state index contributed by atoms with van der Waals surface area (Å²) in [6, 6.07) is 6.44. The Bertz CT molecular complexity index is 478. The van der Waals surface area contributed by atoms with Gasteiger partial charge in [0.05, 0.1) is 18.0 Å². The van der Waals surface area contributed by atoms with Crippen molar-refractivity contribution in [1.29, 1.82) is 0 Å². The van der Waals surface area contributed by atoms with E-state index in [0.29, 0.717) is 23.5 Å². The highest BCUT2D eigenvalue weighted by molar-refractivity contribution is 5.73. The van der Waals surface area contributed by atoms with E-state index in [-0.39, 0.29) is 0 Å². The minimum Gasteiger partial charge on any atom is -0.492 e. The minimum atomic E-state index is 0.367. The monoisotopic (exact) mass is 290 g/mol. The standard InChI is InChI=1S/C18H30N2O/c1-6-21-15-9-7-8-14(16(15)19)20-13-10-17(2,3)12-18(4,5)11-13/h7-9,13,20H,6,10-12,19H2,1-5H3. The molecular formula is C18H30N2O. The number of hydrogen-bond donors (Lipinski definition) is 2. The van der Waals surface area contributed by atoms with Crippen molar-refractivity contribution in [3.05, 3.63) is 18.2 Å². The molecule has 1 aliphatic rings. The van der Waals surface area contributed by atoms with Gasteiger partial charge in [0, 0.05) is 6.04 Å². The number of hydrogen-bond acceptors (Lipinski definition) is 3. The third-order valence-electron chi connectivity index (χ3n) is 4.28. The van der Waals surface area contributed by atoms with Crippen LogP contribution in [0.3, 0.4) is 0 Å². The molecule has 2 rings (SSSR count). The molecule has 1 aromatic rings. The minimum absolute atomic E-state index is 0.367. The van der Waals surface area contributed by atoms with Crippen LogP contribution >= 0.6 is 0 Å². The van der Waals surface area contributed by atoms with Crippen LogP contribution in [0.15, 0.2) is 18.2 Å². The Balaban J connectivity index is 2.16. The Morgan fingerprint density at radius 3 is 2.38 bits per heavy atom. The summed E-state index contributed by atoms with van der Waals surface area (Å²) in [5, 5.41) is 3.65. The van der Waals surface area contributed by atoms with Crippen LogP contribution in [0.25, 0.3) is 0 Å². The second-order valence-electron chi connectivity index (χ2n) is 7.91. The molecule has 118 valence electrons. The third kappa shape index (κ3) is 4.05. The lowest BCUT2D eigenvalue weighted by Gasteiger charge is -2.45. The summed E-state index contributed by atoms with van der Waals surface area (Å²) in [6.07, 6.45) is 3.62. The highest BCUT2D eigenvalue weighted by Crippen LogP contribution is 2.46. The van der Waals surface area contributed by atoms with Crippen molar-refractivity contribution in [1.82, 2.24) is 0 Å². The van der Waals surface area contributed by atoms with Gasteiger partial charge in [-0.15, -0.1) is 0 Å². The first kappa shape index (κ1) is 16.0. The summed E-state index contributed by atoms with van der Waals surface area (Å²) in [5.41, 5.74) is 8.69. The van der Waals surface area contributed by atoms with Crippen LogP contribution in [0.5, 0.6) is 5.75 Å². The molecule has 0 radical (unpaired) electrons. The Hall–Kier alpha value is -1.38. The first-order valence-corrected chi connectivity index (χ1v) is 8.00. The van der Waals surface area contributed by atoms with E-state index in [0.717, 1.165) is 17.1 Å². The summed E-state index contributed by atoms with van der Waals surface area (Å²) in [5.74, 6) is 0.775. The molecule has 1 aromatic carbocycles. The molecule has 1 saturated carbocycles. The fourth-order valence-electron chi connectivity index (χ4n) is 4.12. The van der Waals surface area contributed by atoms with Gasteiger partial charge in [-0.2, -0.15) is 0 Å². The second kappa shape index (κ2) is 5.78. The molecule has 1 fully saturated rings. The van der Waals surface area contributed by atoms with E-state index >= 15 is 0 Å². The highest BCUT2D eigenvalue weighted by Gasteiger charge is 2.38. The molecule has 1 aliphatic carbocycles. The topological polar surface area (TPSA) is 47.3 Å². The zero-order valence-corrected chi connectivity index (χ0v) is 14.1. The zero-order valence-electron chi connectivity index (χ0n) is 14.1. The maximum atomic E-state index is 6.23. The smallest absolute Gasteiger partial charge is 0.144 e. The largest absolute Gasteiger partial charge is 0.492 e. The molecule has 21 heavy (non-hydrogen) atoms. The van der Waals surface area contributed by atoms with Crippen LogP contribution in [0.4, 0.5) is 11.4 Å². The molecule has 3 heteroatoms. The number of anilines is 2. The second-order valence-corrected chi connectivity index (χ2v) is 7.91. The number of nitrogens with one attached hydrogen (secondary N) is 1. The molecule has 3 nitrogen and oxygen atoms in total. The van der Waals surface area contributed by atoms with Gasteiger partial charge in [-0.25, -0.2) is 0 Å². The molecular weight excluding hydrogens is 260 g/mol. The van der Waals surface area contributed by atoms with Crippen LogP contribution in [-0.4, -0.2) is 12.6 Å². The van der Waals surface area contributed by atoms with E-state index in [1.807, 2.05) is 25.1 Å². The van der Waals surface area contributed by atoms with Gasteiger partial charge >= 0.3 is 0 Å². The first-order valence-electron chi connectivity index (χ1n) is 8.00. The van der Waals surface area contributed by atoms with Crippen molar-refractivity contribution in [2.24, 2.45) is 10.8 Å². The molecule has 0 spiro atoms. The van der Waals surface area contributed by atoms with Gasteiger partial charge in [0.2, 0.25) is 0 Å². The molecule has 0 unspecified atom stereocenters. The number of para-hydroxylation sites is 1. The Kier molecular flexibility index (Phi) is 4.40. The fourth-order valence-corrected chi connectivity index (χ4v) is 4.12. The predicted octanol–water partition coefficient (Wildman–Crippen LogP) is 4.68. The van der Waals surface area contributed by atoms with Crippen LogP contribution < -0.4 is 15.8 Å². The lowest BCUT2D eigenvalue weighted by Crippen LogP contribution is -2.40. The number of nitrogens with two attached hydrogens (primary N) is 1. The van der Waals surface area contributed by atoms with Gasteiger partial charge in [0.1, 0.15) is 5.75 Å². The van der Waals surface area contributed by atoms with Crippen molar-refractivity contribution in [2.75, 3.05) is 17.7 Å². The summed E-state index contributed by atoms with van der Waals surface area (Å²) >= 11 is 0. The van der Waals surface area contributed by atoms with Gasteiger partial charge in [0.15, 0.2) is 0 Å². The maximum absolute atomic E-state index is 6.23. The van der Waals surface area contributed by atoms with Gasteiger partial charge in [0.25, 0.3) is 0 Å². The van der Waals surface area contributed by atoms with Crippen molar-refractivity contribution in [3.63, 3.8) is 0 Å². The average molecular weight is 290 g/mol. The van der Waals surface area contributed by atoms with Crippen molar-refractivity contribution in [2.45, 2.75) is 59.9 Å². The van der Waals surface area contributed by atoms with Crippen molar-refractivity contribution >= 4 is 11.4 Å². The van der Waals surface area contributed by atoms with E-state index in [1.165, 1.54) is 19.3 Å². The van der Waals surface area contributed by atoms with Gasteiger partial charge in [-0.05, 0) is 49.1 Å². The van der Waals surface area contributed by atoms with Crippen LogP contribution in [0.1, 0.15) is 53.9 Å². The lowest BCUT2D eigenvalue weighted by atomic mass is 9.63. The molecule has 0 aromatic heterocycles. The molecule has 0 aliphatic heterocycles. The Morgan fingerprint density at radius 2 is 1.81 bits per heavy atom. The number of ether oxygens (including phenoxy) is 1. The molecule has 0 saturated heterocycles. The molecule has 0 amide bonds. The average Bonchev–Trinajstić information content (AvgIpc) is 2.30. The SMILES string of the molecule is CCOc1cccc(NC2CC(C)(C)CC(C)(C)C2)c1N. The lowest BCUT2D eigenvalue weighted by molar-refractivity contribution is 0.105. The molecule has 0 bridgehead atoms. The number of benzene rings is 1. The quantitative estimate of drug-likeness (QED) is 0.791. The highest BCUT2D eigenvalue weighted by atomic mass is 16.5. The van der Waals surface area contributed by atoms with Gasteiger partial charge < -0.3 is 15.8 Å². The number of nitrogen functional groups attached to an aromatic ring is 1. The van der Waals surface area contributed by atoms with E-state index in [4.69, 9.17) is 10.5 Å². The molecule has 0 atom stereocenters. The Morgan fingerprint density at radius 1 is 1.19 bits per heavy atom. The van der Waals surface area contributed by atoms with Crippen molar-refractivity contribution < 1.29 is 4.74 Å². The van der Waals surface area contributed by atoms with Gasteiger partial charge in [-0.3, -0.25) is 0 Å². The summed E-state index contributed by atoms with van der Waals surface area (Å²) < 4.78 is 5.58.